The lowest BCUT2D eigenvalue weighted by Gasteiger charge is -2.34. The first-order chi connectivity index (χ1) is 15.9. The molecular formula is C31H50O2. The Morgan fingerprint density at radius 1 is 1.12 bits per heavy atom. The highest BCUT2D eigenvalue weighted by molar-refractivity contribution is 5.39. The first-order valence-corrected chi connectivity index (χ1v) is 14.2. The highest BCUT2D eigenvalue weighted by Gasteiger charge is 2.75. The standard InChI is InChI=1S/C31H50O2/c1-6-29(7-2,33-5)19-9-8-12-23(3)30-21-18-27-26(14-11-20-31(27,30)22-30)17-16-25-13-10-15-28(32)24(25)4/h16-17,23,27-28,32H,4,6-15,18-22H2,1-3,5H3/b25-16-,26-17+/t23-,27?,28-,30?,31?/m0/s1. The number of aliphatic hydroxyl groups is 1. The predicted octanol–water partition coefficient (Wildman–Crippen LogP) is 8.31. The molecule has 4 fully saturated rings. The fourth-order valence-corrected chi connectivity index (χ4v) is 8.55. The Morgan fingerprint density at radius 3 is 2.64 bits per heavy atom. The van der Waals surface area contributed by atoms with Gasteiger partial charge in [0, 0.05) is 7.11 Å². The van der Waals surface area contributed by atoms with E-state index in [0.717, 1.165) is 49.5 Å². The van der Waals surface area contributed by atoms with E-state index in [0.29, 0.717) is 10.8 Å². The van der Waals surface area contributed by atoms with Crippen molar-refractivity contribution in [2.75, 3.05) is 7.11 Å². The summed E-state index contributed by atoms with van der Waals surface area (Å²) in [5.74, 6) is 1.67. The van der Waals surface area contributed by atoms with Gasteiger partial charge in [0.1, 0.15) is 0 Å². The Hall–Kier alpha value is -0.860. The van der Waals surface area contributed by atoms with E-state index >= 15 is 0 Å². The molecule has 4 aliphatic rings. The van der Waals surface area contributed by atoms with Gasteiger partial charge >= 0.3 is 0 Å². The Morgan fingerprint density at radius 2 is 1.91 bits per heavy atom. The van der Waals surface area contributed by atoms with Crippen molar-refractivity contribution in [2.45, 2.75) is 129 Å². The summed E-state index contributed by atoms with van der Waals surface area (Å²) in [4.78, 5) is 0. The van der Waals surface area contributed by atoms with Crippen LogP contribution >= 0.6 is 0 Å². The zero-order valence-electron chi connectivity index (χ0n) is 22.1. The van der Waals surface area contributed by atoms with Crippen molar-refractivity contribution in [1.82, 2.24) is 0 Å². The third kappa shape index (κ3) is 4.44. The van der Waals surface area contributed by atoms with Gasteiger partial charge in [-0.15, -0.1) is 0 Å². The molecule has 4 aliphatic carbocycles. The van der Waals surface area contributed by atoms with E-state index in [2.05, 4.69) is 39.5 Å². The van der Waals surface area contributed by atoms with Crippen LogP contribution in [-0.4, -0.2) is 23.9 Å². The van der Waals surface area contributed by atoms with Crippen LogP contribution < -0.4 is 0 Å². The highest BCUT2D eigenvalue weighted by Crippen LogP contribution is 2.83. The molecule has 0 radical (unpaired) electrons. The molecule has 0 saturated heterocycles. The molecular weight excluding hydrogens is 404 g/mol. The molecule has 5 atom stereocenters. The number of hydrogen-bond donors (Lipinski definition) is 1. The van der Waals surface area contributed by atoms with Crippen LogP contribution in [0.3, 0.4) is 0 Å². The molecule has 1 spiro atoms. The summed E-state index contributed by atoms with van der Waals surface area (Å²) in [6, 6.07) is 0. The quantitative estimate of drug-likeness (QED) is 0.336. The van der Waals surface area contributed by atoms with E-state index in [1.54, 1.807) is 5.57 Å². The third-order valence-electron chi connectivity index (χ3n) is 11.0. The molecule has 0 aromatic rings. The van der Waals surface area contributed by atoms with Gasteiger partial charge in [0.2, 0.25) is 0 Å². The Balaban J connectivity index is 1.37. The summed E-state index contributed by atoms with van der Waals surface area (Å²) < 4.78 is 5.90. The molecule has 0 amide bonds. The number of hydrogen-bond acceptors (Lipinski definition) is 2. The molecule has 3 unspecified atom stereocenters. The van der Waals surface area contributed by atoms with Crippen LogP contribution in [0.5, 0.6) is 0 Å². The van der Waals surface area contributed by atoms with Gasteiger partial charge < -0.3 is 9.84 Å². The van der Waals surface area contributed by atoms with E-state index in [9.17, 15) is 5.11 Å². The summed E-state index contributed by atoms with van der Waals surface area (Å²) in [7, 11) is 1.90. The molecule has 2 nitrogen and oxygen atoms in total. The number of ether oxygens (including phenoxy) is 1. The smallest absolute Gasteiger partial charge is 0.0787 e. The summed E-state index contributed by atoms with van der Waals surface area (Å²) in [6.45, 7) is 11.3. The van der Waals surface area contributed by atoms with E-state index in [4.69, 9.17) is 4.74 Å². The minimum absolute atomic E-state index is 0.109. The normalized spacial score (nSPS) is 37.3. The molecule has 33 heavy (non-hydrogen) atoms. The number of aliphatic hydroxyl groups excluding tert-OH is 1. The maximum absolute atomic E-state index is 10.2. The zero-order chi connectivity index (χ0) is 23.7. The molecule has 186 valence electrons. The van der Waals surface area contributed by atoms with Gasteiger partial charge in [0.15, 0.2) is 0 Å². The second kappa shape index (κ2) is 10.0. The van der Waals surface area contributed by atoms with Crippen molar-refractivity contribution >= 4 is 0 Å². The maximum atomic E-state index is 10.2. The first kappa shape index (κ1) is 25.2. The Kier molecular flexibility index (Phi) is 7.66. The topological polar surface area (TPSA) is 29.5 Å². The van der Waals surface area contributed by atoms with Crippen molar-refractivity contribution in [3.63, 3.8) is 0 Å². The number of methoxy groups -OCH3 is 1. The summed E-state index contributed by atoms with van der Waals surface area (Å²) in [5, 5.41) is 10.2. The van der Waals surface area contributed by atoms with Crippen LogP contribution in [-0.2, 0) is 4.74 Å². The van der Waals surface area contributed by atoms with E-state index < -0.39 is 0 Å². The van der Waals surface area contributed by atoms with E-state index in [1.807, 2.05) is 7.11 Å². The second-order valence-electron chi connectivity index (χ2n) is 12.0. The van der Waals surface area contributed by atoms with Crippen molar-refractivity contribution in [3.05, 3.63) is 35.5 Å². The van der Waals surface area contributed by atoms with Crippen LogP contribution in [0.1, 0.15) is 117 Å². The molecule has 0 aromatic heterocycles. The zero-order valence-corrected chi connectivity index (χ0v) is 22.1. The van der Waals surface area contributed by atoms with Crippen LogP contribution in [0, 0.1) is 22.7 Å². The maximum Gasteiger partial charge on any atom is 0.0787 e. The first-order valence-electron chi connectivity index (χ1n) is 14.2. The molecule has 2 heteroatoms. The average molecular weight is 455 g/mol. The molecule has 1 N–H and O–H groups in total. The molecule has 0 bridgehead atoms. The van der Waals surface area contributed by atoms with Gasteiger partial charge in [0.25, 0.3) is 0 Å². The number of allylic oxidation sites excluding steroid dienone is 3. The van der Waals surface area contributed by atoms with E-state index in [-0.39, 0.29) is 11.7 Å². The molecule has 4 saturated carbocycles. The van der Waals surface area contributed by atoms with Gasteiger partial charge in [-0.1, -0.05) is 64.3 Å². The predicted molar refractivity (Wildman–Crippen MR) is 139 cm³/mol. The van der Waals surface area contributed by atoms with Gasteiger partial charge in [-0.05, 0) is 111 Å². The van der Waals surface area contributed by atoms with Gasteiger partial charge in [-0.3, -0.25) is 0 Å². The monoisotopic (exact) mass is 454 g/mol. The van der Waals surface area contributed by atoms with Crippen LogP contribution in [0.2, 0.25) is 0 Å². The lowest BCUT2D eigenvalue weighted by atomic mass is 9.70. The van der Waals surface area contributed by atoms with Crippen LogP contribution in [0.25, 0.3) is 0 Å². The molecule has 0 aromatic carbocycles. The largest absolute Gasteiger partial charge is 0.388 e. The minimum atomic E-state index is -0.326. The van der Waals surface area contributed by atoms with Crippen molar-refractivity contribution in [3.8, 4) is 0 Å². The van der Waals surface area contributed by atoms with E-state index in [1.165, 1.54) is 69.8 Å². The van der Waals surface area contributed by atoms with Crippen molar-refractivity contribution in [2.24, 2.45) is 22.7 Å². The average Bonchev–Trinajstić information content (AvgIpc) is 3.36. The third-order valence-corrected chi connectivity index (χ3v) is 11.0. The van der Waals surface area contributed by atoms with Gasteiger partial charge in [-0.2, -0.15) is 0 Å². The van der Waals surface area contributed by atoms with Crippen LogP contribution in [0.15, 0.2) is 35.5 Å². The summed E-state index contributed by atoms with van der Waals surface area (Å²) in [6.07, 6.45) is 23.5. The lowest BCUT2D eigenvalue weighted by Crippen LogP contribution is -2.29. The van der Waals surface area contributed by atoms with Gasteiger partial charge in [0.05, 0.1) is 11.7 Å². The summed E-state index contributed by atoms with van der Waals surface area (Å²) >= 11 is 0. The SMILES string of the molecule is C=C1/C(=C\C=C2/CCCC34CC3([C@@H](C)CCCCC(CC)(CC)OC)CCC24)CCC[C@@H]1O. The second-order valence-corrected chi connectivity index (χ2v) is 12.0. The Labute approximate surface area is 204 Å². The van der Waals surface area contributed by atoms with Crippen molar-refractivity contribution in [1.29, 1.82) is 0 Å². The summed E-state index contributed by atoms with van der Waals surface area (Å²) in [5.41, 5.74) is 5.32. The molecule has 0 aliphatic heterocycles. The number of rotatable bonds is 10. The minimum Gasteiger partial charge on any atom is -0.388 e. The lowest BCUT2D eigenvalue weighted by molar-refractivity contribution is -0.0258. The fourth-order valence-electron chi connectivity index (χ4n) is 8.55. The number of unbranched alkanes of at least 4 members (excludes halogenated alkanes) is 1. The van der Waals surface area contributed by atoms with Crippen LogP contribution in [0.4, 0.5) is 0 Å². The Bertz CT molecular complexity index is 764. The van der Waals surface area contributed by atoms with Crippen molar-refractivity contribution < 1.29 is 9.84 Å². The fraction of sp³-hybridized carbons (Fsp3) is 0.806. The molecule has 0 heterocycles. The molecule has 4 rings (SSSR count). The highest BCUT2D eigenvalue weighted by atomic mass is 16.5. The van der Waals surface area contributed by atoms with Gasteiger partial charge in [-0.25, -0.2) is 0 Å².